The Morgan fingerprint density at radius 1 is 1.12 bits per heavy atom. The number of hydrogen-bond acceptors (Lipinski definition) is 3. The van der Waals surface area contributed by atoms with E-state index in [4.69, 9.17) is 0 Å². The molecule has 6 nitrogen and oxygen atoms in total. The molecule has 3 aromatic rings. The highest BCUT2D eigenvalue weighted by atomic mass is 19.1. The first-order chi connectivity index (χ1) is 11.6. The van der Waals surface area contributed by atoms with E-state index in [9.17, 15) is 14.0 Å². The van der Waals surface area contributed by atoms with E-state index in [1.54, 1.807) is 37.3 Å². The third-order valence-electron chi connectivity index (χ3n) is 3.84. The minimum Gasteiger partial charge on any atom is -0.333 e. The molecule has 1 aromatic carbocycles. The van der Waals surface area contributed by atoms with Gasteiger partial charge in [0.1, 0.15) is 17.2 Å². The Bertz CT molecular complexity index is 1040. The first-order valence-corrected chi connectivity index (χ1v) is 7.72. The molecule has 2 heterocycles. The summed E-state index contributed by atoms with van der Waals surface area (Å²) in [4.78, 5) is 31.9. The molecule has 2 aromatic heterocycles. The van der Waals surface area contributed by atoms with Gasteiger partial charge in [-0.1, -0.05) is 18.2 Å². The highest BCUT2D eigenvalue weighted by Crippen LogP contribution is 2.12. The van der Waals surface area contributed by atoms with Crippen LogP contribution in [0.3, 0.4) is 0 Å². The quantitative estimate of drug-likeness (QED) is 0.798. The SMILES string of the molecule is CCn1c(=O)c2[nH]c(/C=C/c3ccccc3F)nc2n(CC)c1=O. The highest BCUT2D eigenvalue weighted by Gasteiger charge is 2.14. The van der Waals surface area contributed by atoms with Crippen molar-refractivity contribution in [2.45, 2.75) is 26.9 Å². The van der Waals surface area contributed by atoms with Crippen LogP contribution in [0.1, 0.15) is 25.2 Å². The van der Waals surface area contributed by atoms with E-state index in [1.165, 1.54) is 10.6 Å². The first kappa shape index (κ1) is 15.9. The number of rotatable bonds is 4. The minimum absolute atomic E-state index is 0.270. The fourth-order valence-electron chi connectivity index (χ4n) is 2.61. The van der Waals surface area contributed by atoms with Gasteiger partial charge in [-0.25, -0.2) is 14.2 Å². The fourth-order valence-corrected chi connectivity index (χ4v) is 2.61. The number of fused-ring (bicyclic) bond motifs is 1. The molecule has 3 rings (SSSR count). The van der Waals surface area contributed by atoms with Gasteiger partial charge in [-0.15, -0.1) is 0 Å². The smallest absolute Gasteiger partial charge is 0.332 e. The lowest BCUT2D eigenvalue weighted by molar-refractivity contribution is 0.605. The monoisotopic (exact) mass is 328 g/mol. The van der Waals surface area contributed by atoms with E-state index in [0.717, 1.165) is 4.57 Å². The molecule has 0 fully saturated rings. The zero-order chi connectivity index (χ0) is 17.3. The van der Waals surface area contributed by atoms with Crippen molar-refractivity contribution >= 4 is 23.3 Å². The van der Waals surface area contributed by atoms with Crippen molar-refractivity contribution in [2.75, 3.05) is 0 Å². The Labute approximate surface area is 136 Å². The maximum absolute atomic E-state index is 13.7. The Morgan fingerprint density at radius 3 is 2.50 bits per heavy atom. The van der Waals surface area contributed by atoms with Crippen molar-refractivity contribution in [3.63, 3.8) is 0 Å². The first-order valence-electron chi connectivity index (χ1n) is 7.72. The molecule has 24 heavy (non-hydrogen) atoms. The van der Waals surface area contributed by atoms with Crippen molar-refractivity contribution < 1.29 is 4.39 Å². The maximum atomic E-state index is 13.7. The summed E-state index contributed by atoms with van der Waals surface area (Å²) in [7, 11) is 0. The zero-order valence-electron chi connectivity index (χ0n) is 13.4. The van der Waals surface area contributed by atoms with Crippen LogP contribution in [-0.2, 0) is 13.1 Å². The molecule has 0 aliphatic carbocycles. The van der Waals surface area contributed by atoms with Crippen LogP contribution in [0.15, 0.2) is 33.9 Å². The summed E-state index contributed by atoms with van der Waals surface area (Å²) in [6, 6.07) is 6.35. The molecule has 124 valence electrons. The van der Waals surface area contributed by atoms with Crippen molar-refractivity contribution in [3.8, 4) is 0 Å². The summed E-state index contributed by atoms with van der Waals surface area (Å²) in [5, 5.41) is 0. The predicted octanol–water partition coefficient (Wildman–Crippen LogP) is 2.24. The van der Waals surface area contributed by atoms with Gasteiger partial charge in [-0.3, -0.25) is 13.9 Å². The Kier molecular flexibility index (Phi) is 4.16. The predicted molar refractivity (Wildman–Crippen MR) is 91.3 cm³/mol. The third kappa shape index (κ3) is 2.58. The van der Waals surface area contributed by atoms with Gasteiger partial charge >= 0.3 is 5.69 Å². The molecule has 0 spiro atoms. The number of benzene rings is 1. The summed E-state index contributed by atoms with van der Waals surface area (Å²) in [6.45, 7) is 4.24. The number of halogens is 1. The van der Waals surface area contributed by atoms with Crippen LogP contribution in [0.25, 0.3) is 23.3 Å². The average molecular weight is 328 g/mol. The molecular formula is C17H17FN4O2. The van der Waals surface area contributed by atoms with Crippen molar-refractivity contribution in [2.24, 2.45) is 0 Å². The van der Waals surface area contributed by atoms with Crippen LogP contribution in [0.5, 0.6) is 0 Å². The third-order valence-corrected chi connectivity index (χ3v) is 3.84. The molecule has 0 bridgehead atoms. The largest absolute Gasteiger partial charge is 0.333 e. The van der Waals surface area contributed by atoms with Gasteiger partial charge in [0.05, 0.1) is 0 Å². The number of imidazole rings is 1. The molecule has 0 saturated carbocycles. The van der Waals surface area contributed by atoms with Gasteiger partial charge in [-0.2, -0.15) is 0 Å². The molecule has 0 amide bonds. The summed E-state index contributed by atoms with van der Waals surface area (Å²) < 4.78 is 16.3. The summed E-state index contributed by atoms with van der Waals surface area (Å²) in [5.41, 5.74) is 0.211. The van der Waals surface area contributed by atoms with Crippen LogP contribution in [0.4, 0.5) is 4.39 Å². The van der Waals surface area contributed by atoms with Crippen molar-refractivity contribution in [3.05, 3.63) is 62.3 Å². The van der Waals surface area contributed by atoms with Crippen LogP contribution in [0.2, 0.25) is 0 Å². The number of aromatic nitrogens is 4. The Hall–Kier alpha value is -2.96. The van der Waals surface area contributed by atoms with E-state index >= 15 is 0 Å². The van der Waals surface area contributed by atoms with E-state index in [1.807, 2.05) is 6.92 Å². The normalized spacial score (nSPS) is 11.6. The number of aromatic amines is 1. The summed E-state index contributed by atoms with van der Waals surface area (Å²) >= 11 is 0. The lowest BCUT2D eigenvalue weighted by Crippen LogP contribution is -2.39. The number of nitrogens with zero attached hydrogens (tertiary/aromatic N) is 3. The van der Waals surface area contributed by atoms with Crippen molar-refractivity contribution in [1.82, 2.24) is 19.1 Å². The number of H-pyrrole nitrogens is 1. The second-order valence-corrected chi connectivity index (χ2v) is 5.25. The number of nitrogens with one attached hydrogen (secondary N) is 1. The molecule has 0 atom stereocenters. The molecule has 0 saturated heterocycles. The molecule has 0 aliphatic rings. The van der Waals surface area contributed by atoms with E-state index in [-0.39, 0.29) is 23.6 Å². The standard InChI is InChI=1S/C17H17FN4O2/c1-3-21-15-14(16(23)22(4-2)17(21)24)19-13(20-15)10-9-11-7-5-6-8-12(11)18/h5-10H,3-4H2,1-2H3,(H,19,20)/b10-9+. The Morgan fingerprint density at radius 2 is 1.83 bits per heavy atom. The maximum Gasteiger partial charge on any atom is 0.332 e. The van der Waals surface area contributed by atoms with E-state index < -0.39 is 5.56 Å². The lowest BCUT2D eigenvalue weighted by atomic mass is 10.2. The topological polar surface area (TPSA) is 72.7 Å². The molecule has 0 aliphatic heterocycles. The zero-order valence-corrected chi connectivity index (χ0v) is 13.4. The number of hydrogen-bond donors (Lipinski definition) is 1. The molecule has 1 N–H and O–H groups in total. The van der Waals surface area contributed by atoms with Gasteiger partial charge in [-0.05, 0) is 32.1 Å². The average Bonchev–Trinajstić information content (AvgIpc) is 2.99. The van der Waals surface area contributed by atoms with E-state index in [2.05, 4.69) is 9.97 Å². The van der Waals surface area contributed by atoms with E-state index in [0.29, 0.717) is 23.6 Å². The second-order valence-electron chi connectivity index (χ2n) is 5.25. The highest BCUT2D eigenvalue weighted by molar-refractivity contribution is 5.75. The van der Waals surface area contributed by atoms with Crippen LogP contribution in [-0.4, -0.2) is 19.1 Å². The lowest BCUT2D eigenvalue weighted by Gasteiger charge is -2.06. The van der Waals surface area contributed by atoms with Gasteiger partial charge in [0.25, 0.3) is 5.56 Å². The summed E-state index contributed by atoms with van der Waals surface area (Å²) in [5.74, 6) is 0.0458. The Balaban J connectivity index is 2.16. The van der Waals surface area contributed by atoms with Crippen LogP contribution >= 0.6 is 0 Å². The fraction of sp³-hybridized carbons (Fsp3) is 0.235. The van der Waals surface area contributed by atoms with Gasteiger partial charge < -0.3 is 4.98 Å². The molecule has 0 unspecified atom stereocenters. The van der Waals surface area contributed by atoms with Crippen LogP contribution in [0, 0.1) is 5.82 Å². The van der Waals surface area contributed by atoms with Gasteiger partial charge in [0.15, 0.2) is 5.65 Å². The molecule has 0 radical (unpaired) electrons. The second kappa shape index (κ2) is 6.27. The van der Waals surface area contributed by atoms with Crippen molar-refractivity contribution in [1.29, 1.82) is 0 Å². The minimum atomic E-state index is -0.403. The van der Waals surface area contributed by atoms with Crippen LogP contribution < -0.4 is 11.2 Å². The number of aryl methyl sites for hydroxylation is 1. The summed E-state index contributed by atoms with van der Waals surface area (Å²) in [6.07, 6.45) is 3.15. The van der Waals surface area contributed by atoms with Gasteiger partial charge in [0, 0.05) is 18.7 Å². The molecule has 7 heteroatoms. The van der Waals surface area contributed by atoms with Gasteiger partial charge in [0.2, 0.25) is 0 Å². The molecular weight excluding hydrogens is 311 g/mol.